The van der Waals surface area contributed by atoms with Gasteiger partial charge in [-0.1, -0.05) is 0 Å². The summed E-state index contributed by atoms with van der Waals surface area (Å²) >= 11 is 5.70. The highest BCUT2D eigenvalue weighted by molar-refractivity contribution is 6.17. The average Bonchev–Trinajstić information content (AvgIpc) is 2.37. The van der Waals surface area contributed by atoms with Crippen LogP contribution < -0.4 is 10.2 Å². The van der Waals surface area contributed by atoms with E-state index in [9.17, 15) is 4.79 Å². The van der Waals surface area contributed by atoms with Crippen LogP contribution in [0.4, 0.5) is 11.4 Å². The first-order chi connectivity index (χ1) is 8.26. The molecule has 0 aliphatic carbocycles. The molecule has 0 aromatic heterocycles. The van der Waals surface area contributed by atoms with E-state index in [1.165, 1.54) is 5.56 Å². The van der Waals surface area contributed by atoms with Crippen molar-refractivity contribution < 1.29 is 4.79 Å². The van der Waals surface area contributed by atoms with Gasteiger partial charge < -0.3 is 10.2 Å². The zero-order valence-corrected chi connectivity index (χ0v) is 10.8. The summed E-state index contributed by atoms with van der Waals surface area (Å²) in [6.45, 7) is 0.717. The molecule has 92 valence electrons. The minimum atomic E-state index is 0.208. The lowest BCUT2D eigenvalue weighted by atomic mass is 10.00. The number of anilines is 2. The van der Waals surface area contributed by atoms with Crippen molar-refractivity contribution >= 4 is 28.9 Å². The SMILES string of the molecule is CNc1ccc2c(c1)CCC(=O)N2CCCCl. The van der Waals surface area contributed by atoms with Crippen molar-refractivity contribution in [3.8, 4) is 0 Å². The van der Waals surface area contributed by atoms with Gasteiger partial charge in [-0.15, -0.1) is 11.6 Å². The average molecular weight is 253 g/mol. The number of benzene rings is 1. The molecular formula is C13H17ClN2O. The molecule has 0 atom stereocenters. The molecule has 1 aromatic carbocycles. The summed E-state index contributed by atoms with van der Waals surface area (Å²) in [7, 11) is 1.90. The number of carbonyl (C=O) groups excluding carboxylic acids is 1. The van der Waals surface area contributed by atoms with Crippen molar-refractivity contribution in [1.29, 1.82) is 0 Å². The third-order valence-corrected chi connectivity index (χ3v) is 3.35. The molecule has 2 rings (SSSR count). The molecule has 0 radical (unpaired) electrons. The fourth-order valence-electron chi connectivity index (χ4n) is 2.18. The first-order valence-electron chi connectivity index (χ1n) is 5.93. The molecule has 0 unspecified atom stereocenters. The molecule has 0 spiro atoms. The number of alkyl halides is 1. The van der Waals surface area contributed by atoms with Gasteiger partial charge in [0.2, 0.25) is 5.91 Å². The number of carbonyl (C=O) groups is 1. The number of hydrogen-bond acceptors (Lipinski definition) is 2. The van der Waals surface area contributed by atoms with Crippen molar-refractivity contribution in [3.63, 3.8) is 0 Å². The van der Waals surface area contributed by atoms with E-state index >= 15 is 0 Å². The standard InChI is InChI=1S/C13H17ClN2O/c1-15-11-4-5-12-10(9-11)3-6-13(17)16(12)8-2-7-14/h4-5,9,15H,2-3,6-8H2,1H3. The normalized spacial score (nSPS) is 14.7. The molecule has 3 nitrogen and oxygen atoms in total. The molecule has 0 fully saturated rings. The molecule has 1 aromatic rings. The predicted molar refractivity (Wildman–Crippen MR) is 72.0 cm³/mol. The summed E-state index contributed by atoms with van der Waals surface area (Å²) in [6.07, 6.45) is 2.27. The van der Waals surface area contributed by atoms with Crippen LogP contribution in [-0.2, 0) is 11.2 Å². The fourth-order valence-corrected chi connectivity index (χ4v) is 2.30. The predicted octanol–water partition coefficient (Wildman–Crippen LogP) is 2.64. The van der Waals surface area contributed by atoms with Crippen LogP contribution in [0.1, 0.15) is 18.4 Å². The number of nitrogens with one attached hydrogen (secondary N) is 1. The molecule has 1 heterocycles. The van der Waals surface area contributed by atoms with E-state index in [0.29, 0.717) is 18.8 Å². The Morgan fingerprint density at radius 1 is 1.41 bits per heavy atom. The molecule has 17 heavy (non-hydrogen) atoms. The molecule has 0 bridgehead atoms. The number of amides is 1. The number of nitrogens with zero attached hydrogens (tertiary/aromatic N) is 1. The molecule has 1 N–H and O–H groups in total. The molecular weight excluding hydrogens is 236 g/mol. The summed E-state index contributed by atoms with van der Waals surface area (Å²) in [5, 5.41) is 3.12. The number of hydrogen-bond donors (Lipinski definition) is 1. The van der Waals surface area contributed by atoms with Crippen molar-refractivity contribution in [1.82, 2.24) is 0 Å². The van der Waals surface area contributed by atoms with Gasteiger partial charge in [0, 0.05) is 37.3 Å². The smallest absolute Gasteiger partial charge is 0.227 e. The van der Waals surface area contributed by atoms with Gasteiger partial charge >= 0.3 is 0 Å². The zero-order valence-electron chi connectivity index (χ0n) is 10.0. The molecule has 1 aliphatic rings. The molecule has 1 aliphatic heterocycles. The first-order valence-corrected chi connectivity index (χ1v) is 6.46. The number of fused-ring (bicyclic) bond motifs is 1. The van der Waals surface area contributed by atoms with Crippen molar-refractivity contribution in [2.45, 2.75) is 19.3 Å². The Bertz CT molecular complexity index is 420. The van der Waals surface area contributed by atoms with E-state index < -0.39 is 0 Å². The van der Waals surface area contributed by atoms with E-state index in [1.807, 2.05) is 24.1 Å². The maximum absolute atomic E-state index is 11.9. The minimum absolute atomic E-state index is 0.208. The first kappa shape index (κ1) is 12.2. The van der Waals surface area contributed by atoms with Crippen LogP contribution in [0.2, 0.25) is 0 Å². The lowest BCUT2D eigenvalue weighted by Crippen LogP contribution is -2.36. The lowest BCUT2D eigenvalue weighted by molar-refractivity contribution is -0.118. The van der Waals surface area contributed by atoms with Gasteiger partial charge in [0.1, 0.15) is 0 Å². The van der Waals surface area contributed by atoms with Crippen molar-refractivity contribution in [2.75, 3.05) is 29.7 Å². The van der Waals surface area contributed by atoms with Gasteiger partial charge in [0.25, 0.3) is 0 Å². The number of halogens is 1. The summed E-state index contributed by atoms with van der Waals surface area (Å²) in [5.41, 5.74) is 3.38. The maximum atomic E-state index is 11.9. The Labute approximate surface area is 107 Å². The Kier molecular flexibility index (Phi) is 3.89. The van der Waals surface area contributed by atoms with Crippen LogP contribution in [0, 0.1) is 0 Å². The van der Waals surface area contributed by atoms with Crippen LogP contribution in [0.5, 0.6) is 0 Å². The fraction of sp³-hybridized carbons (Fsp3) is 0.462. The zero-order chi connectivity index (χ0) is 12.3. The van der Waals surface area contributed by atoms with E-state index in [4.69, 9.17) is 11.6 Å². The van der Waals surface area contributed by atoms with Gasteiger partial charge in [-0.05, 0) is 36.6 Å². The van der Waals surface area contributed by atoms with E-state index in [2.05, 4.69) is 11.4 Å². The van der Waals surface area contributed by atoms with Crippen molar-refractivity contribution in [2.24, 2.45) is 0 Å². The minimum Gasteiger partial charge on any atom is -0.388 e. The maximum Gasteiger partial charge on any atom is 0.227 e. The molecule has 0 saturated heterocycles. The van der Waals surface area contributed by atoms with E-state index in [0.717, 1.165) is 24.2 Å². The van der Waals surface area contributed by atoms with Gasteiger partial charge in [-0.2, -0.15) is 0 Å². The van der Waals surface area contributed by atoms with Crippen LogP contribution >= 0.6 is 11.6 Å². The third kappa shape index (κ3) is 2.55. The Morgan fingerprint density at radius 2 is 2.24 bits per heavy atom. The van der Waals surface area contributed by atoms with Crippen LogP contribution in [-0.4, -0.2) is 25.4 Å². The summed E-state index contributed by atoms with van der Waals surface area (Å²) < 4.78 is 0. The Balaban J connectivity index is 2.28. The van der Waals surface area contributed by atoms with Crippen LogP contribution in [0.15, 0.2) is 18.2 Å². The second-order valence-corrected chi connectivity index (χ2v) is 4.56. The molecule has 4 heteroatoms. The monoisotopic (exact) mass is 252 g/mol. The largest absolute Gasteiger partial charge is 0.388 e. The highest BCUT2D eigenvalue weighted by Crippen LogP contribution is 2.30. The molecule has 1 amide bonds. The second kappa shape index (κ2) is 5.41. The Morgan fingerprint density at radius 3 is 2.94 bits per heavy atom. The van der Waals surface area contributed by atoms with Crippen molar-refractivity contribution in [3.05, 3.63) is 23.8 Å². The molecule has 0 saturated carbocycles. The van der Waals surface area contributed by atoms with Gasteiger partial charge in [-0.25, -0.2) is 0 Å². The number of aryl methyl sites for hydroxylation is 1. The van der Waals surface area contributed by atoms with Gasteiger partial charge in [0.15, 0.2) is 0 Å². The van der Waals surface area contributed by atoms with Crippen LogP contribution in [0.3, 0.4) is 0 Å². The summed E-state index contributed by atoms with van der Waals surface area (Å²) in [4.78, 5) is 13.7. The summed E-state index contributed by atoms with van der Waals surface area (Å²) in [6, 6.07) is 6.15. The van der Waals surface area contributed by atoms with E-state index in [1.54, 1.807) is 0 Å². The number of rotatable bonds is 4. The highest BCUT2D eigenvalue weighted by atomic mass is 35.5. The summed E-state index contributed by atoms with van der Waals surface area (Å²) in [5.74, 6) is 0.799. The van der Waals surface area contributed by atoms with Gasteiger partial charge in [0.05, 0.1) is 0 Å². The third-order valence-electron chi connectivity index (χ3n) is 3.08. The topological polar surface area (TPSA) is 32.3 Å². The lowest BCUT2D eigenvalue weighted by Gasteiger charge is -2.29. The second-order valence-electron chi connectivity index (χ2n) is 4.18. The quantitative estimate of drug-likeness (QED) is 0.836. The van der Waals surface area contributed by atoms with Crippen LogP contribution in [0.25, 0.3) is 0 Å². The highest BCUT2D eigenvalue weighted by Gasteiger charge is 2.23. The Hall–Kier alpha value is -1.22. The van der Waals surface area contributed by atoms with E-state index in [-0.39, 0.29) is 5.91 Å². The van der Waals surface area contributed by atoms with Gasteiger partial charge in [-0.3, -0.25) is 4.79 Å².